The van der Waals surface area contributed by atoms with Crippen molar-refractivity contribution in [3.05, 3.63) is 42.0 Å². The molecule has 0 aliphatic carbocycles. The van der Waals surface area contributed by atoms with Gasteiger partial charge in [-0.15, -0.1) is 0 Å². The Kier molecular flexibility index (Phi) is 8.29. The molecule has 0 spiro atoms. The summed E-state index contributed by atoms with van der Waals surface area (Å²) >= 11 is 0. The van der Waals surface area contributed by atoms with Crippen LogP contribution in [0.25, 0.3) is 0 Å². The number of rotatable bonds is 10. The lowest BCUT2D eigenvalue weighted by molar-refractivity contribution is -0.153. The van der Waals surface area contributed by atoms with Crippen LogP contribution in [0.15, 0.2) is 36.4 Å². The highest BCUT2D eigenvalue weighted by Gasteiger charge is 2.29. The van der Waals surface area contributed by atoms with Gasteiger partial charge in [0.2, 0.25) is 5.91 Å². The Morgan fingerprint density at radius 2 is 1.65 bits per heavy atom. The van der Waals surface area contributed by atoms with Crippen molar-refractivity contribution in [2.75, 3.05) is 26.1 Å². The van der Waals surface area contributed by atoms with Gasteiger partial charge < -0.3 is 24.3 Å². The highest BCUT2D eigenvalue weighted by atomic mass is 19.4. The summed E-state index contributed by atoms with van der Waals surface area (Å²) in [7, 11) is 2.58. The Bertz CT molecular complexity index is 889. The van der Waals surface area contributed by atoms with Gasteiger partial charge in [-0.3, -0.25) is 4.79 Å². The monoisotopic (exact) mass is 449 g/mol. The summed E-state index contributed by atoms with van der Waals surface area (Å²) in [6.07, 6.45) is -4.22. The summed E-state index contributed by atoms with van der Waals surface area (Å²) in [5.74, 6) is -0.527. The molecule has 6 nitrogen and oxygen atoms in total. The Morgan fingerprint density at radius 1 is 0.968 bits per heavy atom. The van der Waals surface area contributed by atoms with E-state index in [4.69, 9.17) is 14.2 Å². The minimum absolute atomic E-state index is 0.0168. The molecule has 0 saturated heterocycles. The minimum Gasteiger partial charge on any atom is -0.493 e. The first-order valence-electron chi connectivity index (χ1n) is 8.90. The maximum Gasteiger partial charge on any atom is 0.422 e. The number of carbonyl (C=O) groups is 1. The van der Waals surface area contributed by atoms with Gasteiger partial charge in [0.25, 0.3) is 0 Å². The molecular weight excluding hydrogens is 429 g/mol. The van der Waals surface area contributed by atoms with Crippen molar-refractivity contribution in [2.24, 2.45) is 0 Å². The molecular formula is C20H20F5NO5. The van der Waals surface area contributed by atoms with Gasteiger partial charge >= 0.3 is 12.8 Å². The zero-order valence-corrected chi connectivity index (χ0v) is 16.6. The summed E-state index contributed by atoms with van der Waals surface area (Å²) in [5.41, 5.74) is 0.859. The van der Waals surface area contributed by atoms with E-state index in [-0.39, 0.29) is 41.5 Å². The third-order valence-corrected chi connectivity index (χ3v) is 3.92. The van der Waals surface area contributed by atoms with Crippen LogP contribution >= 0.6 is 0 Å². The van der Waals surface area contributed by atoms with Gasteiger partial charge in [-0.2, -0.15) is 22.0 Å². The van der Waals surface area contributed by atoms with E-state index in [2.05, 4.69) is 10.1 Å². The molecule has 31 heavy (non-hydrogen) atoms. The fourth-order valence-corrected chi connectivity index (χ4v) is 2.57. The third kappa shape index (κ3) is 7.83. The maximum absolute atomic E-state index is 12.5. The lowest BCUT2D eigenvalue weighted by Gasteiger charge is -2.14. The van der Waals surface area contributed by atoms with Gasteiger partial charge in [0.1, 0.15) is 0 Å². The van der Waals surface area contributed by atoms with E-state index in [0.717, 1.165) is 0 Å². The Morgan fingerprint density at radius 3 is 2.26 bits per heavy atom. The largest absolute Gasteiger partial charge is 0.493 e. The highest BCUT2D eigenvalue weighted by molar-refractivity contribution is 5.91. The number of ether oxygens (including phenoxy) is 4. The molecule has 170 valence electrons. The van der Waals surface area contributed by atoms with Crippen LogP contribution in [0.5, 0.6) is 23.0 Å². The van der Waals surface area contributed by atoms with Crippen molar-refractivity contribution < 1.29 is 45.7 Å². The summed E-state index contributed by atoms with van der Waals surface area (Å²) in [5, 5.41) is 2.55. The van der Waals surface area contributed by atoms with Gasteiger partial charge in [-0.05, 0) is 36.2 Å². The van der Waals surface area contributed by atoms with Crippen LogP contribution in [0.3, 0.4) is 0 Å². The number of halogens is 5. The average molecular weight is 449 g/mol. The van der Waals surface area contributed by atoms with Crippen molar-refractivity contribution >= 4 is 11.6 Å². The number of amides is 1. The predicted octanol–water partition coefficient (Wildman–Crippen LogP) is 4.82. The van der Waals surface area contributed by atoms with Crippen molar-refractivity contribution in [3.63, 3.8) is 0 Å². The molecule has 11 heteroatoms. The fraction of sp³-hybridized carbons (Fsp3) is 0.350. The normalized spacial score (nSPS) is 11.2. The van der Waals surface area contributed by atoms with Crippen molar-refractivity contribution in [1.82, 2.24) is 0 Å². The molecule has 2 aromatic carbocycles. The number of carbonyl (C=O) groups excluding carboxylic acids is 1. The van der Waals surface area contributed by atoms with Gasteiger partial charge in [0, 0.05) is 18.2 Å². The van der Waals surface area contributed by atoms with Crippen molar-refractivity contribution in [2.45, 2.75) is 25.6 Å². The molecule has 1 amide bonds. The lowest BCUT2D eigenvalue weighted by atomic mass is 10.1. The summed E-state index contributed by atoms with van der Waals surface area (Å²) in [6, 6.07) is 8.36. The van der Waals surface area contributed by atoms with Crippen molar-refractivity contribution in [1.29, 1.82) is 0 Å². The molecule has 0 radical (unpaired) electrons. The number of nitrogens with one attached hydrogen (secondary N) is 1. The molecule has 0 heterocycles. The minimum atomic E-state index is -4.48. The van der Waals surface area contributed by atoms with Crippen LogP contribution < -0.4 is 24.3 Å². The van der Waals surface area contributed by atoms with Crippen LogP contribution in [-0.2, 0) is 11.2 Å². The Hall–Kier alpha value is -3.24. The molecule has 2 rings (SSSR count). The SMILES string of the molecule is COc1cc(CCC(=O)Nc2ccc(OC)c(OC(F)F)c2)ccc1OCC(F)(F)F. The van der Waals surface area contributed by atoms with Gasteiger partial charge in [0.15, 0.2) is 29.6 Å². The zero-order chi connectivity index (χ0) is 23.0. The number of hydrogen-bond acceptors (Lipinski definition) is 5. The van der Waals surface area contributed by atoms with E-state index < -0.39 is 25.3 Å². The van der Waals surface area contributed by atoms with E-state index in [1.807, 2.05) is 0 Å². The quantitative estimate of drug-likeness (QED) is 0.527. The van der Waals surface area contributed by atoms with Crippen LogP contribution in [0.4, 0.5) is 27.6 Å². The van der Waals surface area contributed by atoms with E-state index in [1.165, 1.54) is 50.6 Å². The summed E-state index contributed by atoms with van der Waals surface area (Å²) in [4.78, 5) is 12.2. The van der Waals surface area contributed by atoms with E-state index in [1.54, 1.807) is 0 Å². The van der Waals surface area contributed by atoms with Crippen LogP contribution in [0.2, 0.25) is 0 Å². The Labute approximate surface area is 174 Å². The van der Waals surface area contributed by atoms with Gasteiger partial charge in [-0.1, -0.05) is 6.07 Å². The molecule has 0 saturated carbocycles. The molecule has 0 aliphatic rings. The van der Waals surface area contributed by atoms with Gasteiger partial charge in [0.05, 0.1) is 14.2 Å². The average Bonchev–Trinajstić information content (AvgIpc) is 2.70. The predicted molar refractivity (Wildman–Crippen MR) is 101 cm³/mol. The second-order valence-corrected chi connectivity index (χ2v) is 6.18. The Balaban J connectivity index is 1.98. The second kappa shape index (κ2) is 10.7. The lowest BCUT2D eigenvalue weighted by Crippen LogP contribution is -2.19. The molecule has 1 N–H and O–H groups in total. The molecule has 0 aromatic heterocycles. The number of hydrogen-bond donors (Lipinski definition) is 1. The number of aryl methyl sites for hydroxylation is 1. The van der Waals surface area contributed by atoms with E-state index in [0.29, 0.717) is 5.56 Å². The zero-order valence-electron chi connectivity index (χ0n) is 16.6. The van der Waals surface area contributed by atoms with Crippen LogP contribution in [0.1, 0.15) is 12.0 Å². The second-order valence-electron chi connectivity index (χ2n) is 6.18. The molecule has 0 bridgehead atoms. The third-order valence-electron chi connectivity index (χ3n) is 3.92. The van der Waals surface area contributed by atoms with Crippen LogP contribution in [-0.4, -0.2) is 39.5 Å². The molecule has 2 aromatic rings. The smallest absolute Gasteiger partial charge is 0.422 e. The van der Waals surface area contributed by atoms with Gasteiger partial charge in [-0.25, -0.2) is 0 Å². The highest BCUT2D eigenvalue weighted by Crippen LogP contribution is 2.32. The maximum atomic E-state index is 12.5. The fourth-order valence-electron chi connectivity index (χ4n) is 2.57. The molecule has 0 atom stereocenters. The molecule has 0 unspecified atom stereocenters. The molecule has 0 aliphatic heterocycles. The first kappa shape index (κ1) is 24.0. The topological polar surface area (TPSA) is 66.0 Å². The first-order valence-corrected chi connectivity index (χ1v) is 8.90. The number of benzene rings is 2. The first-order chi connectivity index (χ1) is 14.6. The van der Waals surface area contributed by atoms with E-state index in [9.17, 15) is 26.7 Å². The number of methoxy groups -OCH3 is 2. The number of alkyl halides is 5. The van der Waals surface area contributed by atoms with Crippen LogP contribution in [0, 0.1) is 0 Å². The standard InChI is InChI=1S/C20H20F5NO5/c1-28-14-7-5-13(10-17(14)31-19(21)22)26-18(27)8-4-12-3-6-15(16(9-12)29-2)30-11-20(23,24)25/h3,5-7,9-10,19H,4,8,11H2,1-2H3,(H,26,27). The summed E-state index contributed by atoms with van der Waals surface area (Å²) < 4.78 is 81.0. The molecule has 0 fully saturated rings. The number of anilines is 1. The van der Waals surface area contributed by atoms with Crippen molar-refractivity contribution in [3.8, 4) is 23.0 Å². The van der Waals surface area contributed by atoms with E-state index >= 15 is 0 Å². The summed E-state index contributed by atoms with van der Waals surface area (Å²) in [6.45, 7) is -4.51.